The topological polar surface area (TPSA) is 0 Å². The Morgan fingerprint density at radius 2 is 0.400 bits per heavy atom. The van der Waals surface area contributed by atoms with Crippen LogP contribution < -0.4 is 18.8 Å². The number of hydrogen-bond acceptors (Lipinski definition) is 0. The molecule has 32 valence electrons. The molecule has 5 heteroatoms. The normalized spacial score (nSPS) is 0. The van der Waals surface area contributed by atoms with Crippen LogP contribution in [0.5, 0.6) is 0 Å². The summed E-state index contributed by atoms with van der Waals surface area (Å²) in [7, 11) is 0. The van der Waals surface area contributed by atoms with Crippen LogP contribution in [0.2, 0.25) is 0 Å². The van der Waals surface area contributed by atoms with Crippen molar-refractivity contribution in [3.8, 4) is 0 Å². The third kappa shape index (κ3) is 46.1. The van der Waals surface area contributed by atoms with Crippen molar-refractivity contribution in [2.75, 3.05) is 0 Å². The van der Waals surface area contributed by atoms with Crippen molar-refractivity contribution in [2.24, 2.45) is 0 Å². The minimum atomic E-state index is 0. The summed E-state index contributed by atoms with van der Waals surface area (Å²) in [4.78, 5) is 0. The molecule has 0 aliphatic carbocycles. The van der Waals surface area contributed by atoms with E-state index in [1.54, 1.807) is 0 Å². The second kappa shape index (κ2) is 82.2. The second-order valence-electron chi connectivity index (χ2n) is 0. The molecule has 0 radical (unpaired) electrons. The quantitative estimate of drug-likeness (QED) is 0.218. The molecular formula is CaF4-2. The van der Waals surface area contributed by atoms with Crippen LogP contribution >= 0.6 is 0 Å². The minimum absolute atomic E-state index is 0. The molecule has 0 aliphatic rings. The molecule has 0 spiro atoms. The van der Waals surface area contributed by atoms with Gasteiger partial charge in [0.2, 0.25) is 0 Å². The monoisotopic (exact) mass is 116 g/mol. The summed E-state index contributed by atoms with van der Waals surface area (Å²) in [6.45, 7) is 0. The zero-order valence-electron chi connectivity index (χ0n) is 2.22. The van der Waals surface area contributed by atoms with Crippen molar-refractivity contribution in [2.45, 2.75) is 0 Å². The van der Waals surface area contributed by atoms with E-state index in [0.717, 1.165) is 0 Å². The van der Waals surface area contributed by atoms with E-state index in [1.165, 1.54) is 0 Å². The Bertz CT molecular complexity index is 3.61. The molecule has 0 saturated heterocycles. The molecule has 0 atom stereocenters. The minimum Gasteiger partial charge on any atom is -1.00 e. The van der Waals surface area contributed by atoms with Gasteiger partial charge in [-0.05, 0) is 0 Å². The fourth-order valence-electron chi connectivity index (χ4n) is 0. The summed E-state index contributed by atoms with van der Waals surface area (Å²) in [5, 5.41) is 0. The van der Waals surface area contributed by atoms with E-state index in [0.29, 0.717) is 0 Å². The third-order valence-electron chi connectivity index (χ3n) is 0. The Kier molecular flexibility index (Phi) is 2540. The average molecular weight is 116 g/mol. The molecule has 0 saturated carbocycles. The molecule has 0 bridgehead atoms. The van der Waals surface area contributed by atoms with Gasteiger partial charge in [-0.25, -0.2) is 0 Å². The molecule has 0 heterocycles. The van der Waals surface area contributed by atoms with Gasteiger partial charge in [0.05, 0.1) is 0 Å². The summed E-state index contributed by atoms with van der Waals surface area (Å²) in [5.41, 5.74) is 0. The Labute approximate surface area is 56.4 Å². The summed E-state index contributed by atoms with van der Waals surface area (Å²) in [6.07, 6.45) is 0. The van der Waals surface area contributed by atoms with E-state index in [-0.39, 0.29) is 56.6 Å². The van der Waals surface area contributed by atoms with Gasteiger partial charge < -0.3 is 18.8 Å². The number of halogens is 4. The Morgan fingerprint density at radius 3 is 0.400 bits per heavy atom. The Hall–Kier alpha value is 0.980. The molecule has 5 heavy (non-hydrogen) atoms. The molecule has 0 rings (SSSR count). The van der Waals surface area contributed by atoms with Gasteiger partial charge in [-0.15, -0.1) is 0 Å². The van der Waals surface area contributed by atoms with Crippen molar-refractivity contribution in [3.05, 3.63) is 0 Å². The standard InChI is InChI=1S/Ca.4FH/h;4*1H/q+2;;;;/p-4. The maximum Gasteiger partial charge on any atom is 2.00 e. The summed E-state index contributed by atoms with van der Waals surface area (Å²) in [6, 6.07) is 0. The van der Waals surface area contributed by atoms with Gasteiger partial charge in [0, 0.05) is 0 Å². The van der Waals surface area contributed by atoms with Gasteiger partial charge >= 0.3 is 37.7 Å². The maximum atomic E-state index is 0. The second-order valence-corrected chi connectivity index (χ2v) is 0. The first kappa shape index (κ1) is 154. The van der Waals surface area contributed by atoms with Crippen LogP contribution in [0.3, 0.4) is 0 Å². The van der Waals surface area contributed by atoms with Crippen LogP contribution in [0.15, 0.2) is 0 Å². The first-order valence-electron chi connectivity index (χ1n) is 0. The molecule has 0 fully saturated rings. The molecule has 0 aliphatic heterocycles. The van der Waals surface area contributed by atoms with Crippen molar-refractivity contribution in [1.82, 2.24) is 0 Å². The summed E-state index contributed by atoms with van der Waals surface area (Å²) < 4.78 is 0. The van der Waals surface area contributed by atoms with E-state index in [1.807, 2.05) is 0 Å². The molecule has 0 N–H and O–H groups in total. The van der Waals surface area contributed by atoms with Crippen molar-refractivity contribution >= 4 is 37.7 Å². The van der Waals surface area contributed by atoms with Crippen LogP contribution in [-0.4, -0.2) is 37.7 Å². The van der Waals surface area contributed by atoms with Gasteiger partial charge in [-0.3, -0.25) is 0 Å². The van der Waals surface area contributed by atoms with Gasteiger partial charge in [0.15, 0.2) is 0 Å². The van der Waals surface area contributed by atoms with Crippen LogP contribution in [-0.2, 0) is 0 Å². The van der Waals surface area contributed by atoms with Gasteiger partial charge in [-0.2, -0.15) is 0 Å². The van der Waals surface area contributed by atoms with E-state index in [4.69, 9.17) is 0 Å². The van der Waals surface area contributed by atoms with E-state index < -0.39 is 0 Å². The van der Waals surface area contributed by atoms with Crippen molar-refractivity contribution in [1.29, 1.82) is 0 Å². The van der Waals surface area contributed by atoms with Crippen molar-refractivity contribution in [3.63, 3.8) is 0 Å². The molecule has 0 amide bonds. The molecule has 0 aromatic rings. The summed E-state index contributed by atoms with van der Waals surface area (Å²) >= 11 is 0. The van der Waals surface area contributed by atoms with Crippen LogP contribution in [0.1, 0.15) is 0 Å². The zero-order valence-corrected chi connectivity index (χ0v) is 4.43. The van der Waals surface area contributed by atoms with Crippen LogP contribution in [0, 0.1) is 0 Å². The number of rotatable bonds is 0. The fraction of sp³-hybridized carbons (Fsp3) is 0. The predicted octanol–water partition coefficient (Wildman–Crippen LogP) is -12.4. The number of hydrogen-bond donors (Lipinski definition) is 0. The molecule has 0 nitrogen and oxygen atoms in total. The van der Waals surface area contributed by atoms with Crippen LogP contribution in [0.4, 0.5) is 0 Å². The molecule has 0 aromatic carbocycles. The zero-order chi connectivity index (χ0) is 0. The Balaban J connectivity index is 0. The van der Waals surface area contributed by atoms with E-state index in [9.17, 15) is 0 Å². The molecule has 0 unspecified atom stereocenters. The first-order valence-corrected chi connectivity index (χ1v) is 0. The maximum absolute atomic E-state index is 0. The average Bonchev–Trinajstić information content (AvgIpc) is 0. The van der Waals surface area contributed by atoms with Gasteiger partial charge in [0.25, 0.3) is 0 Å². The van der Waals surface area contributed by atoms with Gasteiger partial charge in [-0.1, -0.05) is 0 Å². The van der Waals surface area contributed by atoms with E-state index in [2.05, 4.69) is 0 Å². The molecular weight excluding hydrogens is 116 g/mol. The first-order chi connectivity index (χ1) is 0. The third-order valence-corrected chi connectivity index (χ3v) is 0. The fourth-order valence-corrected chi connectivity index (χ4v) is 0. The predicted molar refractivity (Wildman–Crippen MR) is 5.75 cm³/mol. The van der Waals surface area contributed by atoms with Crippen LogP contribution in [0.25, 0.3) is 0 Å². The Morgan fingerprint density at radius 1 is 0.400 bits per heavy atom. The smallest absolute Gasteiger partial charge is 1.00 e. The largest absolute Gasteiger partial charge is 2.00 e. The van der Waals surface area contributed by atoms with Crippen molar-refractivity contribution < 1.29 is 18.8 Å². The summed E-state index contributed by atoms with van der Waals surface area (Å²) in [5.74, 6) is 0. The van der Waals surface area contributed by atoms with E-state index >= 15 is 0 Å². The van der Waals surface area contributed by atoms with Gasteiger partial charge in [0.1, 0.15) is 0 Å². The molecule has 0 aromatic heterocycles. The SMILES string of the molecule is [Ca+2].[F-].[F-].[F-].[F-].